The number of nitrogens with zero attached hydrogens (tertiary/aromatic N) is 1. The fourth-order valence-electron chi connectivity index (χ4n) is 1.84. The lowest BCUT2D eigenvalue weighted by atomic mass is 10.1. The first-order valence-corrected chi connectivity index (χ1v) is 5.53. The minimum Gasteiger partial charge on any atom is -0.358 e. The molecule has 3 nitrogen and oxygen atoms in total. The summed E-state index contributed by atoms with van der Waals surface area (Å²) in [6.45, 7) is 2.52. The van der Waals surface area contributed by atoms with Gasteiger partial charge in [0.1, 0.15) is 6.54 Å². The van der Waals surface area contributed by atoms with Crippen LogP contribution in [-0.4, -0.2) is 17.5 Å². The highest BCUT2D eigenvalue weighted by atomic mass is 16.1. The van der Waals surface area contributed by atoms with Crippen molar-refractivity contribution in [3.8, 4) is 0 Å². The predicted molar refractivity (Wildman–Crippen MR) is 65.4 cm³/mol. The summed E-state index contributed by atoms with van der Waals surface area (Å²) < 4.78 is 1.97. The number of carbonyl (C=O) groups excluding carboxylic acids is 1. The molecule has 0 saturated carbocycles. The van der Waals surface area contributed by atoms with Crippen LogP contribution in [0.4, 0.5) is 0 Å². The van der Waals surface area contributed by atoms with Gasteiger partial charge in [-0.2, -0.15) is 0 Å². The van der Waals surface area contributed by atoms with Crippen LogP contribution in [0.25, 0.3) is 10.9 Å². The summed E-state index contributed by atoms with van der Waals surface area (Å²) in [6.07, 6.45) is 3.00. The Kier molecular flexibility index (Phi) is 2.95. The summed E-state index contributed by atoms with van der Waals surface area (Å²) >= 11 is 0. The maximum absolute atomic E-state index is 11.3. The predicted octanol–water partition coefficient (Wildman–Crippen LogP) is 1.95. The number of hydrogen-bond donors (Lipinski definition) is 1. The van der Waals surface area contributed by atoms with E-state index in [0.29, 0.717) is 6.54 Å². The number of benzene rings is 1. The van der Waals surface area contributed by atoms with Crippen molar-refractivity contribution >= 4 is 16.8 Å². The SMILES string of the molecule is CCc1ccc2c(ccn2CC(=O)NC)c1. The molecule has 1 amide bonds. The minimum absolute atomic E-state index is 0.0251. The third kappa shape index (κ3) is 1.94. The van der Waals surface area contributed by atoms with Gasteiger partial charge in [-0.3, -0.25) is 4.79 Å². The zero-order valence-electron chi connectivity index (χ0n) is 9.66. The highest BCUT2D eigenvalue weighted by Crippen LogP contribution is 2.17. The number of rotatable bonds is 3. The molecule has 0 aliphatic rings. The first-order chi connectivity index (χ1) is 7.74. The molecule has 16 heavy (non-hydrogen) atoms. The maximum Gasteiger partial charge on any atom is 0.239 e. The van der Waals surface area contributed by atoms with Gasteiger partial charge in [0.2, 0.25) is 5.91 Å². The van der Waals surface area contributed by atoms with Gasteiger partial charge in [0, 0.05) is 18.8 Å². The van der Waals surface area contributed by atoms with Crippen molar-refractivity contribution in [3.05, 3.63) is 36.0 Å². The van der Waals surface area contributed by atoms with Crippen LogP contribution >= 0.6 is 0 Å². The van der Waals surface area contributed by atoms with Crippen molar-refractivity contribution in [2.45, 2.75) is 19.9 Å². The number of fused-ring (bicyclic) bond motifs is 1. The molecule has 0 aliphatic heterocycles. The van der Waals surface area contributed by atoms with Crippen molar-refractivity contribution in [1.82, 2.24) is 9.88 Å². The number of likely N-dealkylation sites (N-methyl/N-ethyl adjacent to an activating group) is 1. The van der Waals surface area contributed by atoms with E-state index in [1.165, 1.54) is 10.9 Å². The van der Waals surface area contributed by atoms with Gasteiger partial charge >= 0.3 is 0 Å². The Morgan fingerprint density at radius 3 is 2.88 bits per heavy atom. The highest BCUT2D eigenvalue weighted by molar-refractivity contribution is 5.83. The summed E-state index contributed by atoms with van der Waals surface area (Å²) in [7, 11) is 1.66. The second-order valence-corrected chi connectivity index (χ2v) is 3.86. The Morgan fingerprint density at radius 2 is 2.19 bits per heavy atom. The van der Waals surface area contributed by atoms with Gasteiger partial charge in [-0.15, -0.1) is 0 Å². The first kappa shape index (κ1) is 10.7. The standard InChI is InChI=1S/C13H16N2O/c1-3-10-4-5-12-11(8-10)6-7-15(12)9-13(16)14-2/h4-8H,3,9H2,1-2H3,(H,14,16). The normalized spacial score (nSPS) is 10.6. The molecule has 1 aromatic heterocycles. The Bertz CT molecular complexity index is 514. The Balaban J connectivity index is 2.37. The summed E-state index contributed by atoms with van der Waals surface area (Å²) in [5, 5.41) is 3.83. The largest absolute Gasteiger partial charge is 0.358 e. The van der Waals surface area contributed by atoms with Crippen LogP contribution < -0.4 is 5.32 Å². The number of nitrogens with one attached hydrogen (secondary N) is 1. The molecule has 2 aromatic rings. The fourth-order valence-corrected chi connectivity index (χ4v) is 1.84. The molecule has 84 valence electrons. The zero-order valence-corrected chi connectivity index (χ0v) is 9.66. The van der Waals surface area contributed by atoms with Crippen LogP contribution in [0.1, 0.15) is 12.5 Å². The van der Waals surface area contributed by atoms with E-state index in [1.807, 2.05) is 10.8 Å². The van der Waals surface area contributed by atoms with Crippen LogP contribution in [0.2, 0.25) is 0 Å². The average Bonchev–Trinajstić information content (AvgIpc) is 2.71. The van der Waals surface area contributed by atoms with Crippen LogP contribution in [0.15, 0.2) is 30.5 Å². The van der Waals surface area contributed by atoms with Gasteiger partial charge in [0.15, 0.2) is 0 Å². The van der Waals surface area contributed by atoms with E-state index >= 15 is 0 Å². The number of aromatic nitrogens is 1. The van der Waals surface area contributed by atoms with E-state index in [4.69, 9.17) is 0 Å². The van der Waals surface area contributed by atoms with Crippen molar-refractivity contribution in [2.24, 2.45) is 0 Å². The smallest absolute Gasteiger partial charge is 0.239 e. The average molecular weight is 216 g/mol. The van der Waals surface area contributed by atoms with Crippen molar-refractivity contribution in [1.29, 1.82) is 0 Å². The molecule has 1 N–H and O–H groups in total. The third-order valence-corrected chi connectivity index (χ3v) is 2.84. The molecule has 0 unspecified atom stereocenters. The van der Waals surface area contributed by atoms with E-state index in [-0.39, 0.29) is 5.91 Å². The van der Waals surface area contributed by atoms with E-state index in [1.54, 1.807) is 7.05 Å². The molecule has 1 aromatic carbocycles. The van der Waals surface area contributed by atoms with Crippen molar-refractivity contribution < 1.29 is 4.79 Å². The molecule has 0 saturated heterocycles. The van der Waals surface area contributed by atoms with Gasteiger partial charge < -0.3 is 9.88 Å². The molecule has 0 radical (unpaired) electrons. The van der Waals surface area contributed by atoms with Crippen LogP contribution in [0, 0.1) is 0 Å². The monoisotopic (exact) mass is 216 g/mol. The van der Waals surface area contributed by atoms with Crippen LogP contribution in [0.5, 0.6) is 0 Å². The molecule has 2 rings (SSSR count). The number of amides is 1. The molecule has 1 heterocycles. The molecule has 0 bridgehead atoms. The zero-order chi connectivity index (χ0) is 11.5. The summed E-state index contributed by atoms with van der Waals surface area (Å²) in [5.41, 5.74) is 2.44. The lowest BCUT2D eigenvalue weighted by Gasteiger charge is -2.04. The Morgan fingerprint density at radius 1 is 1.38 bits per heavy atom. The lowest BCUT2D eigenvalue weighted by molar-refractivity contribution is -0.121. The lowest BCUT2D eigenvalue weighted by Crippen LogP contribution is -2.22. The second-order valence-electron chi connectivity index (χ2n) is 3.86. The molecule has 3 heteroatoms. The van der Waals surface area contributed by atoms with Crippen molar-refractivity contribution in [3.63, 3.8) is 0 Å². The van der Waals surface area contributed by atoms with Gasteiger partial charge in [-0.25, -0.2) is 0 Å². The Labute approximate surface area is 95.1 Å². The molecule has 0 spiro atoms. The summed E-state index contributed by atoms with van der Waals surface area (Å²) in [6, 6.07) is 8.42. The molecule has 0 fully saturated rings. The number of aryl methyl sites for hydroxylation is 1. The fraction of sp³-hybridized carbons (Fsp3) is 0.308. The maximum atomic E-state index is 11.3. The molecule has 0 aliphatic carbocycles. The summed E-state index contributed by atoms with van der Waals surface area (Å²) in [5.74, 6) is 0.0251. The molecular formula is C13H16N2O. The van der Waals surface area contributed by atoms with E-state index in [9.17, 15) is 4.79 Å². The van der Waals surface area contributed by atoms with Gasteiger partial charge in [-0.1, -0.05) is 13.0 Å². The quantitative estimate of drug-likeness (QED) is 0.836. The first-order valence-electron chi connectivity index (χ1n) is 5.53. The highest BCUT2D eigenvalue weighted by Gasteiger charge is 2.04. The van der Waals surface area contributed by atoms with E-state index in [0.717, 1.165) is 11.9 Å². The van der Waals surface area contributed by atoms with E-state index in [2.05, 4.69) is 36.5 Å². The minimum atomic E-state index is 0.0251. The van der Waals surface area contributed by atoms with Crippen LogP contribution in [0.3, 0.4) is 0 Å². The Hall–Kier alpha value is -1.77. The van der Waals surface area contributed by atoms with Crippen molar-refractivity contribution in [2.75, 3.05) is 7.05 Å². The van der Waals surface area contributed by atoms with Crippen LogP contribution in [-0.2, 0) is 17.8 Å². The number of carbonyl (C=O) groups is 1. The summed E-state index contributed by atoms with van der Waals surface area (Å²) in [4.78, 5) is 11.3. The molecular weight excluding hydrogens is 200 g/mol. The van der Waals surface area contributed by atoms with Gasteiger partial charge in [0.25, 0.3) is 0 Å². The second kappa shape index (κ2) is 4.39. The van der Waals surface area contributed by atoms with Gasteiger partial charge in [0.05, 0.1) is 0 Å². The van der Waals surface area contributed by atoms with Gasteiger partial charge in [-0.05, 0) is 35.6 Å². The van der Waals surface area contributed by atoms with E-state index < -0.39 is 0 Å². The molecule has 0 atom stereocenters. The topological polar surface area (TPSA) is 34.0 Å². The third-order valence-electron chi connectivity index (χ3n) is 2.84. The number of hydrogen-bond acceptors (Lipinski definition) is 1.